The lowest BCUT2D eigenvalue weighted by molar-refractivity contribution is 0.0872. The molecule has 2 aliphatic rings. The second-order valence-corrected chi connectivity index (χ2v) is 8.21. The van der Waals surface area contributed by atoms with Crippen LogP contribution in [0.25, 0.3) is 6.08 Å². The molecule has 30 heavy (non-hydrogen) atoms. The molecule has 3 aromatic carbocycles. The van der Waals surface area contributed by atoms with Crippen LogP contribution in [0.1, 0.15) is 27.0 Å². The van der Waals surface area contributed by atoms with Crippen LogP contribution in [0.3, 0.4) is 0 Å². The minimum Gasteiger partial charge on any atom is -0.478 e. The van der Waals surface area contributed by atoms with Crippen LogP contribution in [-0.2, 0) is 13.1 Å². The molecule has 0 atom stereocenters. The van der Waals surface area contributed by atoms with Gasteiger partial charge in [0.1, 0.15) is 24.0 Å². The lowest BCUT2D eigenvalue weighted by Gasteiger charge is -2.29. The number of benzene rings is 3. The van der Waals surface area contributed by atoms with Crippen molar-refractivity contribution < 1.29 is 18.7 Å². The number of nitrogens with zero attached hydrogens (tertiary/aromatic N) is 1. The molecule has 150 valence electrons. The number of fused-ring (bicyclic) bond motifs is 3. The summed E-state index contributed by atoms with van der Waals surface area (Å²) in [4.78, 5) is 14.9. The number of carbonyl (C=O) groups is 1. The Kier molecular flexibility index (Phi) is 4.89. The molecule has 0 amide bonds. The van der Waals surface area contributed by atoms with Crippen molar-refractivity contribution in [2.24, 2.45) is 0 Å². The molecule has 5 rings (SSSR count). The fourth-order valence-corrected chi connectivity index (χ4v) is 3.93. The number of rotatable bonds is 3. The fourth-order valence-electron chi connectivity index (χ4n) is 3.66. The molecule has 0 spiro atoms. The fraction of sp³-hybridized carbons (Fsp3) is 0.125. The number of hydrogen-bond acceptors (Lipinski definition) is 4. The van der Waals surface area contributed by atoms with Crippen molar-refractivity contribution in [2.45, 2.75) is 13.1 Å². The summed E-state index contributed by atoms with van der Waals surface area (Å²) in [5.41, 5.74) is 3.28. The van der Waals surface area contributed by atoms with Crippen molar-refractivity contribution >= 4 is 27.8 Å². The maximum absolute atomic E-state index is 13.2. The Hall–Kier alpha value is -2.96. The topological polar surface area (TPSA) is 38.8 Å². The predicted octanol–water partition coefficient (Wildman–Crippen LogP) is 5.56. The van der Waals surface area contributed by atoms with Crippen molar-refractivity contribution in [2.75, 3.05) is 6.73 Å². The van der Waals surface area contributed by atoms with Gasteiger partial charge in [0.05, 0.1) is 11.1 Å². The largest absolute Gasteiger partial charge is 0.478 e. The van der Waals surface area contributed by atoms with Crippen LogP contribution in [0.4, 0.5) is 4.39 Å². The average Bonchev–Trinajstić information content (AvgIpc) is 3.07. The minimum absolute atomic E-state index is 0.133. The molecule has 0 unspecified atom stereocenters. The highest BCUT2D eigenvalue weighted by Gasteiger charge is 2.33. The van der Waals surface area contributed by atoms with Crippen molar-refractivity contribution in [3.05, 3.63) is 99.0 Å². The lowest BCUT2D eigenvalue weighted by atomic mass is 10.0. The van der Waals surface area contributed by atoms with Gasteiger partial charge in [-0.25, -0.2) is 4.39 Å². The normalized spacial score (nSPS) is 16.7. The average molecular weight is 466 g/mol. The van der Waals surface area contributed by atoms with Gasteiger partial charge in [-0.05, 0) is 53.6 Å². The van der Waals surface area contributed by atoms with E-state index in [2.05, 4.69) is 20.8 Å². The van der Waals surface area contributed by atoms with E-state index in [1.165, 1.54) is 12.1 Å². The molecule has 4 nitrogen and oxygen atoms in total. The molecular weight excluding hydrogens is 449 g/mol. The molecule has 2 aliphatic heterocycles. The summed E-state index contributed by atoms with van der Waals surface area (Å²) in [5, 5.41) is 0. The second kappa shape index (κ2) is 7.70. The minimum atomic E-state index is -0.256. The van der Waals surface area contributed by atoms with E-state index in [0.29, 0.717) is 36.9 Å². The number of ether oxygens (including phenoxy) is 2. The van der Waals surface area contributed by atoms with Crippen LogP contribution < -0.4 is 9.47 Å². The summed E-state index contributed by atoms with van der Waals surface area (Å²) in [6, 6.07) is 17.7. The number of Topliss-reactive ketones (excluding diaryl/α,β-unsaturated/α-hetero) is 1. The van der Waals surface area contributed by atoms with Gasteiger partial charge < -0.3 is 9.47 Å². The van der Waals surface area contributed by atoms with Crippen LogP contribution in [0.15, 0.2) is 70.9 Å². The van der Waals surface area contributed by atoms with Gasteiger partial charge in [0.25, 0.3) is 0 Å². The number of hydrogen-bond donors (Lipinski definition) is 0. The van der Waals surface area contributed by atoms with Gasteiger partial charge in [-0.1, -0.05) is 40.2 Å². The van der Waals surface area contributed by atoms with E-state index in [1.807, 2.05) is 30.3 Å². The summed E-state index contributed by atoms with van der Waals surface area (Å²) >= 11 is 3.41. The molecule has 3 aromatic rings. The Morgan fingerprint density at radius 2 is 1.80 bits per heavy atom. The van der Waals surface area contributed by atoms with Gasteiger partial charge in [0.15, 0.2) is 5.76 Å². The molecule has 0 saturated heterocycles. The van der Waals surface area contributed by atoms with E-state index in [1.54, 1.807) is 24.3 Å². The zero-order valence-corrected chi connectivity index (χ0v) is 17.5. The van der Waals surface area contributed by atoms with Crippen molar-refractivity contribution in [3.8, 4) is 11.5 Å². The molecule has 0 radical (unpaired) electrons. The molecule has 2 heterocycles. The summed E-state index contributed by atoms with van der Waals surface area (Å²) in [7, 11) is 0. The first kappa shape index (κ1) is 19.0. The zero-order chi connectivity index (χ0) is 20.7. The highest BCUT2D eigenvalue weighted by atomic mass is 79.9. The molecule has 0 bridgehead atoms. The molecular formula is C24H17BrFNO3. The van der Waals surface area contributed by atoms with Gasteiger partial charge in [-0.15, -0.1) is 0 Å². The van der Waals surface area contributed by atoms with Crippen LogP contribution in [-0.4, -0.2) is 17.4 Å². The van der Waals surface area contributed by atoms with Gasteiger partial charge in [0.2, 0.25) is 5.78 Å². The first-order valence-electron chi connectivity index (χ1n) is 9.52. The lowest BCUT2D eigenvalue weighted by Crippen LogP contribution is -2.31. The molecule has 0 aromatic heterocycles. The maximum atomic E-state index is 13.2. The first-order chi connectivity index (χ1) is 14.6. The summed E-state index contributed by atoms with van der Waals surface area (Å²) in [6.07, 6.45) is 1.75. The third-order valence-corrected chi connectivity index (χ3v) is 5.70. The van der Waals surface area contributed by atoms with Gasteiger partial charge in [-0.2, -0.15) is 0 Å². The van der Waals surface area contributed by atoms with Crippen LogP contribution in [0.2, 0.25) is 0 Å². The summed E-state index contributed by atoms with van der Waals surface area (Å²) in [5.74, 6) is 1.20. The van der Waals surface area contributed by atoms with Crippen LogP contribution in [0.5, 0.6) is 11.5 Å². The highest BCUT2D eigenvalue weighted by molar-refractivity contribution is 9.10. The summed E-state index contributed by atoms with van der Waals surface area (Å²) in [6.45, 7) is 1.60. The van der Waals surface area contributed by atoms with E-state index < -0.39 is 0 Å². The standard InChI is InChI=1S/C24H17BrFNO3/c25-17-5-1-15(2-6-17)11-22-23(28)19-9-10-21-20(24(19)30-22)13-27(14-29-21)12-16-3-7-18(26)8-4-16/h1-11H,12-14H2/b22-11-. The number of carbonyl (C=O) groups excluding carboxylic acids is 1. The molecule has 0 fully saturated rings. The van der Waals surface area contributed by atoms with Gasteiger partial charge in [-0.3, -0.25) is 9.69 Å². The number of allylic oxidation sites excluding steroid dienone is 1. The maximum Gasteiger partial charge on any atom is 0.231 e. The Balaban J connectivity index is 1.41. The Morgan fingerprint density at radius 3 is 2.57 bits per heavy atom. The van der Waals surface area contributed by atoms with Gasteiger partial charge in [0, 0.05) is 17.6 Å². The van der Waals surface area contributed by atoms with Crippen molar-refractivity contribution in [1.29, 1.82) is 0 Å². The van der Waals surface area contributed by atoms with Crippen LogP contribution in [0, 0.1) is 5.82 Å². The second-order valence-electron chi connectivity index (χ2n) is 7.30. The third kappa shape index (κ3) is 3.64. The monoisotopic (exact) mass is 465 g/mol. The van der Waals surface area contributed by atoms with Crippen LogP contribution >= 0.6 is 15.9 Å². The molecule has 0 aliphatic carbocycles. The Morgan fingerprint density at radius 1 is 1.03 bits per heavy atom. The van der Waals surface area contributed by atoms with E-state index in [0.717, 1.165) is 26.9 Å². The Bertz CT molecular complexity index is 1160. The smallest absolute Gasteiger partial charge is 0.231 e. The first-order valence-corrected chi connectivity index (χ1v) is 10.3. The highest BCUT2D eigenvalue weighted by Crippen LogP contribution is 2.42. The predicted molar refractivity (Wildman–Crippen MR) is 115 cm³/mol. The SMILES string of the molecule is O=C1/C(=C/c2ccc(Br)cc2)Oc2c1ccc1c2CN(Cc2ccc(F)cc2)CO1. The van der Waals surface area contributed by atoms with Gasteiger partial charge >= 0.3 is 0 Å². The quantitative estimate of drug-likeness (QED) is 0.474. The summed E-state index contributed by atoms with van der Waals surface area (Å²) < 4.78 is 26.0. The molecule has 0 saturated carbocycles. The molecule has 6 heteroatoms. The van der Waals surface area contributed by atoms with E-state index in [-0.39, 0.29) is 11.6 Å². The van der Waals surface area contributed by atoms with E-state index in [4.69, 9.17) is 9.47 Å². The number of halogens is 2. The number of ketones is 1. The third-order valence-electron chi connectivity index (χ3n) is 5.17. The molecule has 0 N–H and O–H groups in total. The van der Waals surface area contributed by atoms with E-state index >= 15 is 0 Å². The van der Waals surface area contributed by atoms with Crippen molar-refractivity contribution in [3.63, 3.8) is 0 Å². The Labute approximate surface area is 181 Å². The zero-order valence-electron chi connectivity index (χ0n) is 15.9. The van der Waals surface area contributed by atoms with Crippen molar-refractivity contribution in [1.82, 2.24) is 4.90 Å². The van der Waals surface area contributed by atoms with E-state index in [9.17, 15) is 9.18 Å².